The summed E-state index contributed by atoms with van der Waals surface area (Å²) in [5.41, 5.74) is 0.196. The molecule has 1 aromatic carbocycles. The summed E-state index contributed by atoms with van der Waals surface area (Å²) in [5.74, 6) is 0.113. The molecule has 0 amide bonds. The van der Waals surface area contributed by atoms with Crippen LogP contribution >= 0.6 is 11.8 Å². The molecule has 0 saturated heterocycles. The Labute approximate surface area is 91.9 Å². The SMILES string of the molecule is CSc1ccc(C(C)C)cc1C(F)(F)F. The lowest BCUT2D eigenvalue weighted by Crippen LogP contribution is -2.07. The van der Waals surface area contributed by atoms with E-state index in [4.69, 9.17) is 0 Å². The zero-order chi connectivity index (χ0) is 11.6. The Balaban J connectivity index is 3.26. The molecular weight excluding hydrogens is 221 g/mol. The van der Waals surface area contributed by atoms with Crippen molar-refractivity contribution in [2.75, 3.05) is 6.26 Å². The number of hydrogen-bond acceptors (Lipinski definition) is 1. The molecule has 0 aliphatic rings. The molecule has 0 aliphatic carbocycles. The third kappa shape index (κ3) is 2.91. The largest absolute Gasteiger partial charge is 0.417 e. The van der Waals surface area contributed by atoms with E-state index >= 15 is 0 Å². The van der Waals surface area contributed by atoms with E-state index in [0.717, 1.165) is 17.3 Å². The minimum absolute atomic E-state index is 0.113. The minimum atomic E-state index is -4.26. The highest BCUT2D eigenvalue weighted by atomic mass is 32.2. The molecule has 0 aliphatic heterocycles. The molecular formula is C11H13F3S. The summed E-state index contributed by atoms with van der Waals surface area (Å²) in [6.45, 7) is 3.77. The van der Waals surface area contributed by atoms with Gasteiger partial charge < -0.3 is 0 Å². The van der Waals surface area contributed by atoms with Crippen LogP contribution in [0.5, 0.6) is 0 Å². The Morgan fingerprint density at radius 1 is 1.20 bits per heavy atom. The summed E-state index contributed by atoms with van der Waals surface area (Å²) in [4.78, 5) is 0.284. The van der Waals surface area contributed by atoms with Crippen LogP contribution in [-0.2, 0) is 6.18 Å². The van der Waals surface area contributed by atoms with Crippen LogP contribution < -0.4 is 0 Å². The van der Waals surface area contributed by atoms with E-state index in [0.29, 0.717) is 0 Å². The monoisotopic (exact) mass is 234 g/mol. The normalized spacial score (nSPS) is 12.2. The van der Waals surface area contributed by atoms with E-state index in [-0.39, 0.29) is 10.8 Å². The van der Waals surface area contributed by atoms with E-state index in [2.05, 4.69) is 0 Å². The number of alkyl halides is 3. The Bertz CT molecular complexity index is 342. The number of rotatable bonds is 2. The first-order chi connectivity index (χ1) is 6.86. The first kappa shape index (κ1) is 12.4. The predicted molar refractivity (Wildman–Crippen MR) is 57.3 cm³/mol. The number of benzene rings is 1. The predicted octanol–water partition coefficient (Wildman–Crippen LogP) is 4.55. The van der Waals surface area contributed by atoms with Crippen molar-refractivity contribution in [3.63, 3.8) is 0 Å². The van der Waals surface area contributed by atoms with Gasteiger partial charge in [-0.1, -0.05) is 19.9 Å². The minimum Gasteiger partial charge on any atom is -0.166 e. The fourth-order valence-corrected chi connectivity index (χ4v) is 1.90. The van der Waals surface area contributed by atoms with E-state index in [1.54, 1.807) is 18.4 Å². The lowest BCUT2D eigenvalue weighted by Gasteiger charge is -2.14. The summed E-state index contributed by atoms with van der Waals surface area (Å²) in [6.07, 6.45) is -2.61. The van der Waals surface area contributed by atoms with Gasteiger partial charge in [0.25, 0.3) is 0 Å². The third-order valence-corrected chi connectivity index (χ3v) is 2.99. The topological polar surface area (TPSA) is 0 Å². The molecule has 0 heterocycles. The summed E-state index contributed by atoms with van der Waals surface area (Å²) in [7, 11) is 0. The maximum Gasteiger partial charge on any atom is 0.417 e. The van der Waals surface area contributed by atoms with Gasteiger partial charge in [-0.3, -0.25) is 0 Å². The van der Waals surface area contributed by atoms with Gasteiger partial charge in [0.1, 0.15) is 0 Å². The van der Waals surface area contributed by atoms with Gasteiger partial charge in [-0.05, 0) is 29.9 Å². The average Bonchev–Trinajstić information content (AvgIpc) is 2.15. The van der Waals surface area contributed by atoms with Crippen molar-refractivity contribution in [3.05, 3.63) is 29.3 Å². The Hall–Kier alpha value is -0.640. The van der Waals surface area contributed by atoms with Crippen LogP contribution in [0.3, 0.4) is 0 Å². The molecule has 0 aromatic heterocycles. The fourth-order valence-electron chi connectivity index (χ4n) is 1.31. The van der Waals surface area contributed by atoms with Gasteiger partial charge in [0.2, 0.25) is 0 Å². The van der Waals surface area contributed by atoms with E-state index < -0.39 is 11.7 Å². The second-order valence-corrected chi connectivity index (χ2v) is 4.46. The standard InChI is InChI=1S/C11H13F3S/c1-7(2)8-4-5-10(15-3)9(6-8)11(12,13)14/h4-7H,1-3H3. The van der Waals surface area contributed by atoms with Crippen LogP contribution in [0.2, 0.25) is 0 Å². The molecule has 0 saturated carbocycles. The second-order valence-electron chi connectivity index (χ2n) is 3.61. The van der Waals surface area contributed by atoms with E-state index in [9.17, 15) is 13.2 Å². The highest BCUT2D eigenvalue weighted by Gasteiger charge is 2.33. The Morgan fingerprint density at radius 2 is 1.80 bits per heavy atom. The number of hydrogen-bond donors (Lipinski definition) is 0. The second kappa shape index (κ2) is 4.47. The van der Waals surface area contributed by atoms with Crippen molar-refractivity contribution in [1.29, 1.82) is 0 Å². The van der Waals surface area contributed by atoms with Gasteiger partial charge in [0.15, 0.2) is 0 Å². The van der Waals surface area contributed by atoms with Crippen LogP contribution in [0.1, 0.15) is 30.9 Å². The zero-order valence-corrected chi connectivity index (χ0v) is 9.67. The molecule has 0 spiro atoms. The first-order valence-electron chi connectivity index (χ1n) is 4.61. The fraction of sp³-hybridized carbons (Fsp3) is 0.455. The van der Waals surface area contributed by atoms with Crippen molar-refractivity contribution in [2.45, 2.75) is 30.8 Å². The molecule has 4 heteroatoms. The molecule has 1 aromatic rings. The maximum absolute atomic E-state index is 12.7. The van der Waals surface area contributed by atoms with Gasteiger partial charge in [0.05, 0.1) is 5.56 Å². The van der Waals surface area contributed by atoms with Crippen molar-refractivity contribution in [2.24, 2.45) is 0 Å². The Morgan fingerprint density at radius 3 is 2.20 bits per heavy atom. The van der Waals surface area contributed by atoms with Crippen LogP contribution in [0, 0.1) is 0 Å². The quantitative estimate of drug-likeness (QED) is 0.676. The number of thioether (sulfide) groups is 1. The van der Waals surface area contributed by atoms with Gasteiger partial charge in [0, 0.05) is 4.90 Å². The Kier molecular flexibility index (Phi) is 3.71. The van der Waals surface area contributed by atoms with Gasteiger partial charge in [-0.15, -0.1) is 11.8 Å². The smallest absolute Gasteiger partial charge is 0.166 e. The van der Waals surface area contributed by atoms with Crippen LogP contribution in [-0.4, -0.2) is 6.26 Å². The van der Waals surface area contributed by atoms with Crippen molar-refractivity contribution in [3.8, 4) is 0 Å². The van der Waals surface area contributed by atoms with Crippen LogP contribution in [0.25, 0.3) is 0 Å². The van der Waals surface area contributed by atoms with Crippen molar-refractivity contribution < 1.29 is 13.2 Å². The van der Waals surface area contributed by atoms with Gasteiger partial charge >= 0.3 is 6.18 Å². The molecule has 0 unspecified atom stereocenters. The van der Waals surface area contributed by atoms with Crippen LogP contribution in [0.15, 0.2) is 23.1 Å². The summed E-state index contributed by atoms with van der Waals surface area (Å²) >= 11 is 1.12. The molecule has 0 radical (unpaired) electrons. The van der Waals surface area contributed by atoms with Crippen molar-refractivity contribution in [1.82, 2.24) is 0 Å². The molecule has 0 N–H and O–H groups in total. The lowest BCUT2D eigenvalue weighted by atomic mass is 10.0. The zero-order valence-electron chi connectivity index (χ0n) is 8.85. The van der Waals surface area contributed by atoms with Crippen molar-refractivity contribution >= 4 is 11.8 Å². The highest BCUT2D eigenvalue weighted by Crippen LogP contribution is 2.37. The first-order valence-corrected chi connectivity index (χ1v) is 5.84. The maximum atomic E-state index is 12.7. The summed E-state index contributed by atoms with van der Waals surface area (Å²) < 4.78 is 38.0. The third-order valence-electron chi connectivity index (χ3n) is 2.20. The van der Waals surface area contributed by atoms with E-state index in [1.165, 1.54) is 6.07 Å². The molecule has 1 rings (SSSR count). The molecule has 15 heavy (non-hydrogen) atoms. The lowest BCUT2D eigenvalue weighted by molar-refractivity contribution is -0.139. The van der Waals surface area contributed by atoms with E-state index in [1.807, 2.05) is 13.8 Å². The highest BCUT2D eigenvalue weighted by molar-refractivity contribution is 7.98. The van der Waals surface area contributed by atoms with Gasteiger partial charge in [-0.2, -0.15) is 13.2 Å². The molecule has 0 bridgehead atoms. The molecule has 0 fully saturated rings. The summed E-state index contributed by atoms with van der Waals surface area (Å²) in [5, 5.41) is 0. The summed E-state index contributed by atoms with van der Waals surface area (Å²) in [6, 6.07) is 4.55. The van der Waals surface area contributed by atoms with Crippen LogP contribution in [0.4, 0.5) is 13.2 Å². The molecule has 84 valence electrons. The molecule has 0 nitrogen and oxygen atoms in total. The van der Waals surface area contributed by atoms with Gasteiger partial charge in [-0.25, -0.2) is 0 Å². The average molecular weight is 234 g/mol. The number of halogens is 3. The molecule has 0 atom stereocenters.